The van der Waals surface area contributed by atoms with Gasteiger partial charge in [-0.3, -0.25) is 4.98 Å². The van der Waals surface area contributed by atoms with Crippen LogP contribution in [0.5, 0.6) is 0 Å². The molecule has 0 bridgehead atoms. The van der Waals surface area contributed by atoms with Crippen molar-refractivity contribution in [1.29, 1.82) is 0 Å². The van der Waals surface area contributed by atoms with E-state index in [1.54, 1.807) is 0 Å². The number of aliphatic carboxylic acids is 1. The molecule has 2 N–H and O–H groups in total. The van der Waals surface area contributed by atoms with Gasteiger partial charge in [-0.2, -0.15) is 18.2 Å². The number of benzene rings is 1. The van der Waals surface area contributed by atoms with E-state index in [0.29, 0.717) is 11.7 Å². The van der Waals surface area contributed by atoms with Crippen LogP contribution in [0, 0.1) is 6.92 Å². The SMILES string of the molecule is Cc1ncc2c(c1-c1noc(C3(c4ccc(Cl)cc4)CC3)n1)CCNC2.O=C(O)C(F)(F)F. The number of fused-ring (bicyclic) bond motifs is 1. The number of aromatic nitrogens is 3. The maximum atomic E-state index is 10.6. The lowest BCUT2D eigenvalue weighted by atomic mass is 9.95. The van der Waals surface area contributed by atoms with E-state index < -0.39 is 12.1 Å². The molecule has 5 rings (SSSR count). The molecule has 1 aliphatic carbocycles. The van der Waals surface area contributed by atoms with Gasteiger partial charge in [0, 0.05) is 29.0 Å². The second kappa shape index (κ2) is 8.75. The second-order valence-electron chi connectivity index (χ2n) is 7.96. The Morgan fingerprint density at radius 3 is 2.52 bits per heavy atom. The van der Waals surface area contributed by atoms with Gasteiger partial charge in [0.25, 0.3) is 0 Å². The minimum atomic E-state index is -5.08. The molecule has 2 aromatic heterocycles. The molecule has 3 heterocycles. The Hall–Kier alpha value is -2.98. The standard InChI is InChI=1S/C20H19ClN4O.C2HF3O2/c1-12-17(16-6-9-22-10-13(16)11-23-12)18-24-19(26-25-18)20(7-8-20)14-2-4-15(21)5-3-14;3-2(4,5)1(6)7/h2-5,11,22H,6-10H2,1H3;(H,6,7). The minimum absolute atomic E-state index is 0.159. The lowest BCUT2D eigenvalue weighted by molar-refractivity contribution is -0.192. The molecule has 174 valence electrons. The van der Waals surface area contributed by atoms with Crippen LogP contribution in [0.15, 0.2) is 35.0 Å². The fraction of sp³-hybridized carbons (Fsp3) is 0.364. The monoisotopic (exact) mass is 480 g/mol. The highest BCUT2D eigenvalue weighted by molar-refractivity contribution is 6.30. The van der Waals surface area contributed by atoms with E-state index >= 15 is 0 Å². The number of halogens is 4. The van der Waals surface area contributed by atoms with Gasteiger partial charge in [-0.15, -0.1) is 0 Å². The second-order valence-corrected chi connectivity index (χ2v) is 8.40. The van der Waals surface area contributed by atoms with Crippen molar-refractivity contribution in [2.75, 3.05) is 6.54 Å². The van der Waals surface area contributed by atoms with Gasteiger partial charge in [0.15, 0.2) is 0 Å². The van der Waals surface area contributed by atoms with E-state index in [0.717, 1.165) is 48.6 Å². The van der Waals surface area contributed by atoms with Crippen LogP contribution in [0.2, 0.25) is 5.02 Å². The Bertz CT molecular complexity index is 1170. The third-order valence-electron chi connectivity index (χ3n) is 5.78. The van der Waals surface area contributed by atoms with Crippen LogP contribution in [-0.4, -0.2) is 38.9 Å². The minimum Gasteiger partial charge on any atom is -0.475 e. The van der Waals surface area contributed by atoms with Crippen LogP contribution in [0.3, 0.4) is 0 Å². The largest absolute Gasteiger partial charge is 0.490 e. The number of alkyl halides is 3. The van der Waals surface area contributed by atoms with Crippen molar-refractivity contribution in [3.05, 3.63) is 63.8 Å². The van der Waals surface area contributed by atoms with Gasteiger partial charge in [-0.05, 0) is 61.6 Å². The number of aryl methyl sites for hydroxylation is 1. The van der Waals surface area contributed by atoms with E-state index in [1.807, 2.05) is 25.3 Å². The summed E-state index contributed by atoms with van der Waals surface area (Å²) in [6.45, 7) is 3.82. The molecule has 11 heteroatoms. The lowest BCUT2D eigenvalue weighted by Crippen LogP contribution is -2.24. The molecule has 1 aromatic carbocycles. The van der Waals surface area contributed by atoms with Crippen LogP contribution in [0.4, 0.5) is 13.2 Å². The van der Waals surface area contributed by atoms with Gasteiger partial charge in [0.2, 0.25) is 11.7 Å². The Morgan fingerprint density at radius 2 is 1.91 bits per heavy atom. The molecule has 1 saturated carbocycles. The third-order valence-corrected chi connectivity index (χ3v) is 6.03. The number of nitrogens with one attached hydrogen (secondary N) is 1. The van der Waals surface area contributed by atoms with Crippen molar-refractivity contribution >= 4 is 17.6 Å². The highest BCUT2D eigenvalue weighted by Gasteiger charge is 2.51. The summed E-state index contributed by atoms with van der Waals surface area (Å²) in [5.41, 5.74) is 5.53. The van der Waals surface area contributed by atoms with Crippen LogP contribution in [0.1, 0.15) is 41.1 Å². The number of hydrogen-bond donors (Lipinski definition) is 2. The fourth-order valence-electron chi connectivity index (χ4n) is 3.91. The Morgan fingerprint density at radius 1 is 1.24 bits per heavy atom. The summed E-state index contributed by atoms with van der Waals surface area (Å²) < 4.78 is 37.5. The Kier molecular flexibility index (Phi) is 6.15. The molecule has 1 fully saturated rings. The summed E-state index contributed by atoms with van der Waals surface area (Å²) >= 11 is 6.03. The van der Waals surface area contributed by atoms with E-state index in [4.69, 9.17) is 31.0 Å². The molecule has 2 aliphatic rings. The topological polar surface area (TPSA) is 101 Å². The predicted molar refractivity (Wildman–Crippen MR) is 113 cm³/mol. The average molecular weight is 481 g/mol. The van der Waals surface area contributed by atoms with Crippen molar-refractivity contribution in [3.63, 3.8) is 0 Å². The van der Waals surface area contributed by atoms with Crippen molar-refractivity contribution < 1.29 is 27.6 Å². The van der Waals surface area contributed by atoms with Crippen LogP contribution >= 0.6 is 11.6 Å². The first kappa shape index (κ1) is 23.2. The van der Waals surface area contributed by atoms with E-state index in [1.165, 1.54) is 16.7 Å². The van der Waals surface area contributed by atoms with Crippen LogP contribution in [-0.2, 0) is 23.2 Å². The number of carboxylic acids is 1. The summed E-state index contributed by atoms with van der Waals surface area (Å²) in [5, 5.41) is 15.6. The zero-order valence-electron chi connectivity index (χ0n) is 17.5. The van der Waals surface area contributed by atoms with Gasteiger partial charge in [0.05, 0.1) is 5.41 Å². The first-order chi connectivity index (χ1) is 15.6. The normalized spacial score (nSPS) is 16.4. The number of nitrogens with zero attached hydrogens (tertiary/aromatic N) is 3. The van der Waals surface area contributed by atoms with Crippen molar-refractivity contribution in [2.45, 2.75) is 44.3 Å². The fourth-order valence-corrected chi connectivity index (χ4v) is 4.03. The quantitative estimate of drug-likeness (QED) is 0.571. The zero-order valence-corrected chi connectivity index (χ0v) is 18.3. The molecule has 33 heavy (non-hydrogen) atoms. The van der Waals surface area contributed by atoms with Crippen LogP contribution < -0.4 is 5.32 Å². The highest BCUT2D eigenvalue weighted by atomic mass is 35.5. The molecule has 7 nitrogen and oxygen atoms in total. The molecule has 0 radical (unpaired) electrons. The number of carbonyl (C=O) groups is 1. The van der Waals surface area contributed by atoms with E-state index in [2.05, 4.69) is 27.6 Å². The molecular weight excluding hydrogens is 461 g/mol. The summed E-state index contributed by atoms with van der Waals surface area (Å²) in [6.07, 6.45) is -0.133. The number of rotatable bonds is 3. The van der Waals surface area contributed by atoms with Crippen molar-refractivity contribution in [2.24, 2.45) is 0 Å². The summed E-state index contributed by atoms with van der Waals surface area (Å²) in [4.78, 5) is 18.3. The number of hydrogen-bond acceptors (Lipinski definition) is 6. The van der Waals surface area contributed by atoms with Gasteiger partial charge in [-0.1, -0.05) is 28.9 Å². The van der Waals surface area contributed by atoms with Crippen molar-refractivity contribution in [1.82, 2.24) is 20.4 Å². The molecule has 1 aliphatic heterocycles. The molecule has 0 atom stereocenters. The molecule has 3 aromatic rings. The maximum Gasteiger partial charge on any atom is 0.490 e. The highest BCUT2D eigenvalue weighted by Crippen LogP contribution is 2.53. The first-order valence-electron chi connectivity index (χ1n) is 10.2. The molecule has 0 amide bonds. The van der Waals surface area contributed by atoms with Gasteiger partial charge in [-0.25, -0.2) is 4.79 Å². The first-order valence-corrected chi connectivity index (χ1v) is 10.6. The smallest absolute Gasteiger partial charge is 0.475 e. The summed E-state index contributed by atoms with van der Waals surface area (Å²) in [6, 6.07) is 7.95. The third kappa shape index (κ3) is 4.72. The Balaban J connectivity index is 0.000000325. The van der Waals surface area contributed by atoms with Gasteiger partial charge < -0.3 is 14.9 Å². The summed E-state index contributed by atoms with van der Waals surface area (Å²) in [7, 11) is 0. The molecular formula is C22H20ClF3N4O3. The molecule has 0 unspecified atom stereocenters. The number of pyridine rings is 1. The lowest BCUT2D eigenvalue weighted by Gasteiger charge is -2.19. The van der Waals surface area contributed by atoms with E-state index in [9.17, 15) is 13.2 Å². The van der Waals surface area contributed by atoms with Gasteiger partial charge in [0.1, 0.15) is 0 Å². The Labute approximate surface area is 192 Å². The average Bonchev–Trinajstić information content (AvgIpc) is 3.44. The van der Waals surface area contributed by atoms with Gasteiger partial charge >= 0.3 is 12.1 Å². The van der Waals surface area contributed by atoms with Crippen LogP contribution in [0.25, 0.3) is 11.4 Å². The van der Waals surface area contributed by atoms with E-state index in [-0.39, 0.29) is 5.41 Å². The molecule has 0 saturated heterocycles. The maximum absolute atomic E-state index is 10.6. The summed E-state index contributed by atoms with van der Waals surface area (Å²) in [5.74, 6) is -1.41. The van der Waals surface area contributed by atoms with Crippen molar-refractivity contribution in [3.8, 4) is 11.4 Å². The number of carboxylic acid groups (broad SMARTS) is 1. The zero-order chi connectivity index (χ0) is 23.8. The molecule has 0 spiro atoms. The predicted octanol–water partition coefficient (Wildman–Crippen LogP) is 4.45.